The molecule has 0 radical (unpaired) electrons. The van der Waals surface area contributed by atoms with Crippen molar-refractivity contribution in [3.05, 3.63) is 48.3 Å². The van der Waals surface area contributed by atoms with Gasteiger partial charge in [0.25, 0.3) is 0 Å². The van der Waals surface area contributed by atoms with Crippen molar-refractivity contribution < 1.29 is 4.74 Å². The van der Waals surface area contributed by atoms with Gasteiger partial charge >= 0.3 is 0 Å². The van der Waals surface area contributed by atoms with Crippen molar-refractivity contribution in [2.75, 3.05) is 6.61 Å². The molecule has 1 aliphatic rings. The normalized spacial score (nSPS) is 20.1. The average Bonchev–Trinajstić information content (AvgIpc) is 2.70. The Bertz CT molecular complexity index is 639. The first-order chi connectivity index (χ1) is 12.8. The predicted octanol–water partition coefficient (Wildman–Crippen LogP) is 7.00. The van der Waals surface area contributed by atoms with E-state index in [1.54, 1.807) is 0 Å². The fourth-order valence-corrected chi connectivity index (χ4v) is 4.16. The van der Waals surface area contributed by atoms with Crippen molar-refractivity contribution in [3.8, 4) is 16.9 Å². The molecule has 26 heavy (non-hydrogen) atoms. The van der Waals surface area contributed by atoms with Crippen molar-refractivity contribution >= 4 is 0 Å². The van der Waals surface area contributed by atoms with Crippen LogP contribution in [-0.4, -0.2) is 11.6 Å². The van der Waals surface area contributed by atoms with Crippen LogP contribution in [0.1, 0.15) is 76.8 Å². The Labute approximate surface area is 159 Å². The second-order valence-electron chi connectivity index (χ2n) is 7.64. The maximum atomic E-state index is 5.52. The molecule has 1 heterocycles. The Kier molecular flexibility index (Phi) is 7.11. The van der Waals surface area contributed by atoms with Gasteiger partial charge in [-0.05, 0) is 62.3 Å². The highest BCUT2D eigenvalue weighted by atomic mass is 16.5. The van der Waals surface area contributed by atoms with Crippen molar-refractivity contribution in [2.45, 2.75) is 71.1 Å². The first-order valence-electron chi connectivity index (χ1n) is 10.5. The lowest BCUT2D eigenvalue weighted by Gasteiger charge is -2.28. The summed E-state index contributed by atoms with van der Waals surface area (Å²) in [7, 11) is 0. The van der Waals surface area contributed by atoms with Gasteiger partial charge in [-0.25, -0.2) is 0 Å². The van der Waals surface area contributed by atoms with E-state index in [1.807, 2.05) is 25.3 Å². The monoisotopic (exact) mass is 351 g/mol. The lowest BCUT2D eigenvalue weighted by atomic mass is 9.78. The number of ether oxygens (including phenoxy) is 1. The summed E-state index contributed by atoms with van der Waals surface area (Å²) in [6.07, 6.45) is 13.0. The summed E-state index contributed by atoms with van der Waals surface area (Å²) in [5.74, 6) is 2.55. The molecule has 140 valence electrons. The van der Waals surface area contributed by atoms with Crippen LogP contribution in [0.3, 0.4) is 0 Å². The summed E-state index contributed by atoms with van der Waals surface area (Å²) in [6, 6.07) is 12.8. The molecule has 0 amide bonds. The Morgan fingerprint density at radius 1 is 0.885 bits per heavy atom. The van der Waals surface area contributed by atoms with E-state index >= 15 is 0 Å². The molecule has 1 fully saturated rings. The topological polar surface area (TPSA) is 22.1 Å². The number of hydrogen-bond donors (Lipinski definition) is 0. The summed E-state index contributed by atoms with van der Waals surface area (Å²) in [4.78, 5) is 4.81. The molecule has 1 saturated carbocycles. The first-order valence-corrected chi connectivity index (χ1v) is 10.5. The minimum absolute atomic E-state index is 0.659. The third-order valence-electron chi connectivity index (χ3n) is 5.77. The zero-order valence-electron chi connectivity index (χ0n) is 16.4. The molecule has 0 aliphatic heterocycles. The molecule has 0 N–H and O–H groups in total. The Balaban J connectivity index is 1.55. The Hall–Kier alpha value is -1.83. The number of nitrogens with zero attached hydrogens (tertiary/aromatic N) is 1. The van der Waals surface area contributed by atoms with Crippen LogP contribution in [-0.2, 0) is 0 Å². The van der Waals surface area contributed by atoms with Gasteiger partial charge in [0, 0.05) is 23.4 Å². The van der Waals surface area contributed by atoms with Crippen LogP contribution in [0, 0.1) is 5.92 Å². The number of benzene rings is 1. The standard InChI is InChI=1S/C24H33NO/c1-3-5-6-7-19-8-10-21(11-9-19)24-17-14-22(18-25-24)20-12-15-23(16-13-20)26-4-2/h12-19,21H,3-11H2,1-2H3/t19-,21-. The van der Waals surface area contributed by atoms with E-state index in [-0.39, 0.29) is 0 Å². The minimum Gasteiger partial charge on any atom is -0.494 e. The van der Waals surface area contributed by atoms with E-state index in [1.165, 1.54) is 68.2 Å². The number of aromatic nitrogens is 1. The van der Waals surface area contributed by atoms with Crippen molar-refractivity contribution in [1.29, 1.82) is 0 Å². The maximum Gasteiger partial charge on any atom is 0.119 e. The predicted molar refractivity (Wildman–Crippen MR) is 110 cm³/mol. The second kappa shape index (κ2) is 9.75. The van der Waals surface area contributed by atoms with Crippen LogP contribution in [0.5, 0.6) is 5.75 Å². The summed E-state index contributed by atoms with van der Waals surface area (Å²) < 4.78 is 5.52. The van der Waals surface area contributed by atoms with Gasteiger partial charge in [-0.3, -0.25) is 4.98 Å². The van der Waals surface area contributed by atoms with Gasteiger partial charge in [-0.2, -0.15) is 0 Å². The fraction of sp³-hybridized carbons (Fsp3) is 0.542. The van der Waals surface area contributed by atoms with Gasteiger partial charge in [-0.15, -0.1) is 0 Å². The van der Waals surface area contributed by atoms with Crippen molar-refractivity contribution in [3.63, 3.8) is 0 Å². The van der Waals surface area contributed by atoms with E-state index in [2.05, 4.69) is 31.2 Å². The van der Waals surface area contributed by atoms with Crippen LogP contribution in [0.25, 0.3) is 11.1 Å². The molecule has 1 aromatic heterocycles. The van der Waals surface area contributed by atoms with E-state index < -0.39 is 0 Å². The molecule has 2 heteroatoms. The van der Waals surface area contributed by atoms with Gasteiger partial charge in [0.05, 0.1) is 6.61 Å². The Morgan fingerprint density at radius 2 is 1.62 bits per heavy atom. The van der Waals surface area contributed by atoms with Gasteiger partial charge in [0.15, 0.2) is 0 Å². The number of pyridine rings is 1. The summed E-state index contributed by atoms with van der Waals surface area (Å²) >= 11 is 0. The largest absolute Gasteiger partial charge is 0.494 e. The number of hydrogen-bond acceptors (Lipinski definition) is 2. The second-order valence-corrected chi connectivity index (χ2v) is 7.64. The molecule has 2 nitrogen and oxygen atoms in total. The molecular formula is C24H33NO. The molecular weight excluding hydrogens is 318 g/mol. The lowest BCUT2D eigenvalue weighted by Crippen LogP contribution is -2.14. The summed E-state index contributed by atoms with van der Waals surface area (Å²) in [5.41, 5.74) is 3.67. The fourth-order valence-electron chi connectivity index (χ4n) is 4.16. The van der Waals surface area contributed by atoms with E-state index in [4.69, 9.17) is 9.72 Å². The highest BCUT2D eigenvalue weighted by molar-refractivity contribution is 5.63. The SMILES string of the molecule is CCCCC[C@H]1CC[C@H](c2ccc(-c3ccc(OCC)cc3)cn2)CC1. The van der Waals surface area contributed by atoms with Gasteiger partial charge in [-0.1, -0.05) is 50.8 Å². The lowest BCUT2D eigenvalue weighted by molar-refractivity contribution is 0.300. The zero-order chi connectivity index (χ0) is 18.2. The minimum atomic E-state index is 0.659. The van der Waals surface area contributed by atoms with Crippen LogP contribution in [0.2, 0.25) is 0 Å². The Morgan fingerprint density at radius 3 is 2.23 bits per heavy atom. The van der Waals surface area contributed by atoms with Crippen LogP contribution < -0.4 is 4.74 Å². The van der Waals surface area contributed by atoms with E-state index in [0.29, 0.717) is 12.5 Å². The molecule has 2 aromatic rings. The number of rotatable bonds is 8. The molecule has 0 spiro atoms. The maximum absolute atomic E-state index is 5.52. The zero-order valence-corrected chi connectivity index (χ0v) is 16.4. The molecule has 3 rings (SSSR count). The molecule has 0 atom stereocenters. The average molecular weight is 352 g/mol. The van der Waals surface area contributed by atoms with Gasteiger partial charge in [0.1, 0.15) is 5.75 Å². The van der Waals surface area contributed by atoms with Crippen LogP contribution in [0.15, 0.2) is 42.6 Å². The van der Waals surface area contributed by atoms with E-state index in [0.717, 1.165) is 11.7 Å². The third-order valence-corrected chi connectivity index (χ3v) is 5.77. The summed E-state index contributed by atoms with van der Waals surface area (Å²) in [6.45, 7) is 5.01. The quantitative estimate of drug-likeness (QED) is 0.478. The molecule has 1 aromatic carbocycles. The van der Waals surface area contributed by atoms with Crippen LogP contribution in [0.4, 0.5) is 0 Å². The number of unbranched alkanes of at least 4 members (excludes halogenated alkanes) is 2. The van der Waals surface area contributed by atoms with Crippen LogP contribution >= 0.6 is 0 Å². The van der Waals surface area contributed by atoms with Gasteiger partial charge in [0.2, 0.25) is 0 Å². The van der Waals surface area contributed by atoms with Gasteiger partial charge < -0.3 is 4.74 Å². The highest BCUT2D eigenvalue weighted by Crippen LogP contribution is 2.37. The van der Waals surface area contributed by atoms with E-state index in [9.17, 15) is 0 Å². The third kappa shape index (κ3) is 5.09. The molecule has 1 aliphatic carbocycles. The van der Waals surface area contributed by atoms with Crippen molar-refractivity contribution in [1.82, 2.24) is 4.98 Å². The van der Waals surface area contributed by atoms with Crippen molar-refractivity contribution in [2.24, 2.45) is 5.92 Å². The molecule has 0 unspecified atom stereocenters. The first kappa shape index (κ1) is 18.9. The smallest absolute Gasteiger partial charge is 0.119 e. The highest BCUT2D eigenvalue weighted by Gasteiger charge is 2.22. The molecule has 0 saturated heterocycles. The molecule has 0 bridgehead atoms. The summed E-state index contributed by atoms with van der Waals surface area (Å²) in [5, 5.41) is 0.